The van der Waals surface area contributed by atoms with Crippen LogP contribution in [-0.4, -0.2) is 11.0 Å². The van der Waals surface area contributed by atoms with Gasteiger partial charge >= 0.3 is 0 Å². The molecule has 1 rings (SSSR count). The molecule has 0 aromatic rings. The Morgan fingerprint density at radius 1 is 2.00 bits per heavy atom. The van der Waals surface area contributed by atoms with Crippen LogP contribution in [0.15, 0.2) is 5.16 Å². The maximum Gasteiger partial charge on any atom is 0.250 e. The SMILES string of the molecule is BrC1[C]ON=C1. The van der Waals surface area contributed by atoms with Crippen molar-refractivity contribution in [1.82, 2.24) is 0 Å². The van der Waals surface area contributed by atoms with Crippen LogP contribution in [0.2, 0.25) is 0 Å². The minimum atomic E-state index is 0.0949. The van der Waals surface area contributed by atoms with Gasteiger partial charge in [-0.25, -0.2) is 0 Å². The van der Waals surface area contributed by atoms with Gasteiger partial charge in [0.2, 0.25) is 6.61 Å². The van der Waals surface area contributed by atoms with Crippen molar-refractivity contribution in [3.05, 3.63) is 6.61 Å². The van der Waals surface area contributed by atoms with Crippen LogP contribution >= 0.6 is 15.9 Å². The minimum absolute atomic E-state index is 0.0949. The summed E-state index contributed by atoms with van der Waals surface area (Å²) < 4.78 is 0. The van der Waals surface area contributed by atoms with Crippen molar-refractivity contribution in [2.45, 2.75) is 4.83 Å². The van der Waals surface area contributed by atoms with E-state index in [2.05, 4.69) is 32.5 Å². The van der Waals surface area contributed by atoms with Gasteiger partial charge in [0.1, 0.15) is 4.83 Å². The molecular formula is C3H2BrNO. The van der Waals surface area contributed by atoms with Gasteiger partial charge in [-0.1, -0.05) is 21.1 Å². The Morgan fingerprint density at radius 3 is 3.00 bits per heavy atom. The van der Waals surface area contributed by atoms with Crippen LogP contribution in [0, 0.1) is 6.61 Å². The molecule has 0 aliphatic carbocycles. The van der Waals surface area contributed by atoms with Crippen LogP contribution in [0.3, 0.4) is 0 Å². The Kier molecular flexibility index (Phi) is 1.10. The average Bonchev–Trinajstić information content (AvgIpc) is 1.86. The molecule has 2 nitrogen and oxygen atoms in total. The van der Waals surface area contributed by atoms with Crippen LogP contribution in [0.4, 0.5) is 0 Å². The van der Waals surface area contributed by atoms with E-state index in [1.165, 1.54) is 0 Å². The number of halogens is 1. The molecule has 1 aliphatic heterocycles. The van der Waals surface area contributed by atoms with E-state index in [1.54, 1.807) is 6.21 Å². The molecule has 1 unspecified atom stereocenters. The van der Waals surface area contributed by atoms with E-state index in [0.29, 0.717) is 0 Å². The highest BCUT2D eigenvalue weighted by Gasteiger charge is 2.07. The smallest absolute Gasteiger partial charge is 0.250 e. The summed E-state index contributed by atoms with van der Waals surface area (Å²) in [6.45, 7) is 2.51. The first kappa shape index (κ1) is 4.12. The second-order valence-electron chi connectivity index (χ2n) is 0.865. The molecule has 1 heterocycles. The highest BCUT2D eigenvalue weighted by molar-refractivity contribution is 9.10. The van der Waals surface area contributed by atoms with Gasteiger partial charge in [-0.05, 0) is 0 Å². The Labute approximate surface area is 44.3 Å². The molecule has 6 heavy (non-hydrogen) atoms. The summed E-state index contributed by atoms with van der Waals surface area (Å²) in [5, 5.41) is 3.38. The molecule has 0 fully saturated rings. The first-order chi connectivity index (χ1) is 2.89. The second kappa shape index (κ2) is 1.60. The van der Waals surface area contributed by atoms with Gasteiger partial charge in [0.05, 0.1) is 6.21 Å². The molecule has 3 heteroatoms. The van der Waals surface area contributed by atoms with Crippen molar-refractivity contribution >= 4 is 22.1 Å². The van der Waals surface area contributed by atoms with Gasteiger partial charge in [-0.2, -0.15) is 0 Å². The summed E-state index contributed by atoms with van der Waals surface area (Å²) in [4.78, 5) is 4.42. The number of rotatable bonds is 0. The molecule has 0 saturated carbocycles. The van der Waals surface area contributed by atoms with E-state index >= 15 is 0 Å². The molecule has 1 atom stereocenters. The van der Waals surface area contributed by atoms with Crippen molar-refractivity contribution in [3.8, 4) is 0 Å². The Balaban J connectivity index is 2.38. The van der Waals surface area contributed by atoms with Gasteiger partial charge in [0, 0.05) is 0 Å². The first-order valence-corrected chi connectivity index (χ1v) is 2.40. The fourth-order valence-electron chi connectivity index (χ4n) is 0.195. The van der Waals surface area contributed by atoms with Crippen LogP contribution in [0.1, 0.15) is 0 Å². The predicted molar refractivity (Wildman–Crippen MR) is 25.5 cm³/mol. The van der Waals surface area contributed by atoms with Crippen molar-refractivity contribution in [3.63, 3.8) is 0 Å². The zero-order valence-electron chi connectivity index (χ0n) is 2.89. The summed E-state index contributed by atoms with van der Waals surface area (Å²) >= 11 is 3.15. The Hall–Kier alpha value is -0.0500. The van der Waals surface area contributed by atoms with Crippen LogP contribution < -0.4 is 0 Å². The lowest BCUT2D eigenvalue weighted by atomic mass is 10.5. The third-order valence-corrected chi connectivity index (χ3v) is 0.833. The third kappa shape index (κ3) is 0.712. The standard InChI is InChI=1S/C3H2BrNO/c4-3-1-5-6-2-3/h1,3H. The van der Waals surface area contributed by atoms with Gasteiger partial charge in [0.15, 0.2) is 0 Å². The van der Waals surface area contributed by atoms with E-state index in [1.807, 2.05) is 0 Å². The molecule has 0 N–H and O–H groups in total. The van der Waals surface area contributed by atoms with Crippen molar-refractivity contribution in [2.24, 2.45) is 5.16 Å². The molecule has 0 bridgehead atoms. The summed E-state index contributed by atoms with van der Waals surface area (Å²) in [5.74, 6) is 0. The number of nitrogens with zero attached hydrogens (tertiary/aromatic N) is 1. The lowest BCUT2D eigenvalue weighted by molar-refractivity contribution is 0.236. The van der Waals surface area contributed by atoms with E-state index in [0.717, 1.165) is 0 Å². The second-order valence-corrected chi connectivity index (χ2v) is 1.85. The molecule has 1 aliphatic rings. The van der Waals surface area contributed by atoms with Crippen LogP contribution in [-0.2, 0) is 4.84 Å². The maximum atomic E-state index is 4.33. The molecule has 2 radical (unpaired) electrons. The largest absolute Gasteiger partial charge is 0.379 e. The average molecular weight is 148 g/mol. The summed E-state index contributed by atoms with van der Waals surface area (Å²) in [6.07, 6.45) is 1.61. The highest BCUT2D eigenvalue weighted by atomic mass is 79.9. The zero-order valence-corrected chi connectivity index (χ0v) is 4.47. The van der Waals surface area contributed by atoms with Gasteiger partial charge < -0.3 is 4.84 Å². The normalized spacial score (nSPS) is 30.5. The highest BCUT2D eigenvalue weighted by Crippen LogP contribution is 2.07. The molecule has 0 aromatic heterocycles. The van der Waals surface area contributed by atoms with Crippen LogP contribution in [0.5, 0.6) is 0 Å². The first-order valence-electron chi connectivity index (χ1n) is 1.49. The van der Waals surface area contributed by atoms with Gasteiger partial charge in [-0.15, -0.1) is 0 Å². The molecule has 0 amide bonds. The fraction of sp³-hybridized carbons (Fsp3) is 0.333. The Bertz CT molecular complexity index is 73.2. The van der Waals surface area contributed by atoms with Gasteiger partial charge in [0.25, 0.3) is 0 Å². The topological polar surface area (TPSA) is 21.6 Å². The van der Waals surface area contributed by atoms with Crippen molar-refractivity contribution < 1.29 is 4.84 Å². The monoisotopic (exact) mass is 147 g/mol. The molecular weight excluding hydrogens is 146 g/mol. The van der Waals surface area contributed by atoms with E-state index < -0.39 is 0 Å². The molecule has 32 valence electrons. The number of hydrogen-bond acceptors (Lipinski definition) is 2. The maximum absolute atomic E-state index is 4.33. The lowest BCUT2D eigenvalue weighted by Gasteiger charge is -1.80. The van der Waals surface area contributed by atoms with E-state index in [9.17, 15) is 0 Å². The molecule has 0 spiro atoms. The van der Waals surface area contributed by atoms with Gasteiger partial charge in [-0.3, -0.25) is 0 Å². The third-order valence-electron chi connectivity index (χ3n) is 0.410. The van der Waals surface area contributed by atoms with Crippen molar-refractivity contribution in [1.29, 1.82) is 0 Å². The number of oxime groups is 1. The zero-order chi connectivity index (χ0) is 4.41. The minimum Gasteiger partial charge on any atom is -0.379 e. The lowest BCUT2D eigenvalue weighted by Crippen LogP contribution is -1.89. The quantitative estimate of drug-likeness (QED) is 0.465. The number of alkyl halides is 1. The number of hydrogen-bond donors (Lipinski definition) is 0. The fourth-order valence-corrected chi connectivity index (χ4v) is 0.375. The summed E-state index contributed by atoms with van der Waals surface area (Å²) in [5.41, 5.74) is 0. The summed E-state index contributed by atoms with van der Waals surface area (Å²) in [6, 6.07) is 0. The molecule has 0 saturated heterocycles. The summed E-state index contributed by atoms with van der Waals surface area (Å²) in [7, 11) is 0. The molecule has 0 aromatic carbocycles. The van der Waals surface area contributed by atoms with Crippen LogP contribution in [0.25, 0.3) is 0 Å². The van der Waals surface area contributed by atoms with Crippen molar-refractivity contribution in [2.75, 3.05) is 0 Å². The Morgan fingerprint density at radius 2 is 2.83 bits per heavy atom. The predicted octanol–water partition coefficient (Wildman–Crippen LogP) is 0.805. The van der Waals surface area contributed by atoms with E-state index in [-0.39, 0.29) is 4.83 Å². The van der Waals surface area contributed by atoms with E-state index in [4.69, 9.17) is 0 Å².